The predicted molar refractivity (Wildman–Crippen MR) is 128 cm³/mol. The van der Waals surface area contributed by atoms with Crippen LogP contribution < -0.4 is 10.1 Å². The minimum absolute atomic E-state index is 0.167. The Morgan fingerprint density at radius 1 is 1.09 bits per heavy atom. The highest BCUT2D eigenvalue weighted by Crippen LogP contribution is 2.29. The lowest BCUT2D eigenvalue weighted by atomic mass is 10.1. The number of rotatable bonds is 7. The molecule has 0 spiro atoms. The van der Waals surface area contributed by atoms with Gasteiger partial charge in [-0.1, -0.05) is 53.0 Å². The largest absolute Gasteiger partial charge is 0.487 e. The number of amides is 1. The van der Waals surface area contributed by atoms with Crippen LogP contribution in [0.5, 0.6) is 5.75 Å². The zero-order chi connectivity index (χ0) is 24.0. The third-order valence-corrected chi connectivity index (χ3v) is 5.23. The summed E-state index contributed by atoms with van der Waals surface area (Å²) in [7, 11) is 0. The Labute approximate surface area is 203 Å². The molecule has 0 saturated carbocycles. The van der Waals surface area contributed by atoms with Crippen molar-refractivity contribution in [1.29, 1.82) is 5.26 Å². The molecule has 33 heavy (non-hydrogen) atoms. The van der Waals surface area contributed by atoms with E-state index in [1.54, 1.807) is 36.4 Å². The van der Waals surface area contributed by atoms with Crippen LogP contribution in [0.1, 0.15) is 11.1 Å². The monoisotopic (exact) mass is 501 g/mol. The molecular weight excluding hydrogens is 489 g/mol. The average molecular weight is 503 g/mol. The van der Waals surface area contributed by atoms with Crippen LogP contribution in [-0.2, 0) is 11.4 Å². The lowest BCUT2D eigenvalue weighted by Gasteiger charge is -2.10. The average Bonchev–Trinajstić information content (AvgIpc) is 2.78. The Morgan fingerprint density at radius 2 is 1.88 bits per heavy atom. The summed E-state index contributed by atoms with van der Waals surface area (Å²) in [6.45, 7) is 0.167. The van der Waals surface area contributed by atoms with E-state index < -0.39 is 10.8 Å². The summed E-state index contributed by atoms with van der Waals surface area (Å²) in [5.41, 5.74) is 1.02. The van der Waals surface area contributed by atoms with E-state index in [0.29, 0.717) is 21.4 Å². The Balaban J connectivity index is 1.72. The molecule has 0 radical (unpaired) electrons. The second-order valence-electron chi connectivity index (χ2n) is 6.65. The third kappa shape index (κ3) is 6.46. The number of benzene rings is 3. The number of non-ortho nitro benzene ring substituents is 1. The highest BCUT2D eigenvalue weighted by molar-refractivity contribution is 6.35. The Kier molecular flexibility index (Phi) is 7.91. The predicted octanol–water partition coefficient (Wildman–Crippen LogP) is 6.68. The molecule has 166 valence electrons. The normalized spacial score (nSPS) is 10.9. The molecule has 0 unspecified atom stereocenters. The lowest BCUT2D eigenvalue weighted by molar-refractivity contribution is -0.384. The molecule has 1 N–H and O–H groups in total. The van der Waals surface area contributed by atoms with E-state index in [1.807, 2.05) is 6.07 Å². The Hall–Kier alpha value is -3.57. The molecule has 0 heterocycles. The van der Waals surface area contributed by atoms with Crippen LogP contribution in [0.15, 0.2) is 66.2 Å². The highest BCUT2D eigenvalue weighted by Gasteiger charge is 2.13. The first-order chi connectivity index (χ1) is 15.8. The maximum atomic E-state index is 12.4. The van der Waals surface area contributed by atoms with E-state index in [-0.39, 0.29) is 28.6 Å². The molecule has 0 atom stereocenters. The number of nitrogens with zero attached hydrogens (tertiary/aromatic N) is 2. The summed E-state index contributed by atoms with van der Waals surface area (Å²) in [5, 5.41) is 24.0. The van der Waals surface area contributed by atoms with E-state index in [0.717, 1.165) is 5.56 Å². The molecule has 3 rings (SSSR count). The van der Waals surface area contributed by atoms with Gasteiger partial charge in [-0.3, -0.25) is 14.9 Å². The summed E-state index contributed by atoms with van der Waals surface area (Å²) in [4.78, 5) is 22.7. The number of nitrogens with one attached hydrogen (secondary N) is 1. The van der Waals surface area contributed by atoms with Crippen LogP contribution in [0, 0.1) is 21.4 Å². The van der Waals surface area contributed by atoms with Crippen LogP contribution in [-0.4, -0.2) is 10.8 Å². The quantitative estimate of drug-likeness (QED) is 0.168. The van der Waals surface area contributed by atoms with E-state index in [2.05, 4.69) is 5.32 Å². The highest BCUT2D eigenvalue weighted by atomic mass is 35.5. The number of anilines is 1. The van der Waals surface area contributed by atoms with Gasteiger partial charge in [0.15, 0.2) is 0 Å². The van der Waals surface area contributed by atoms with Gasteiger partial charge in [-0.05, 0) is 42.0 Å². The second kappa shape index (κ2) is 10.8. The summed E-state index contributed by atoms with van der Waals surface area (Å²) in [5.74, 6) is -0.328. The minimum atomic E-state index is -0.716. The molecule has 10 heteroatoms. The topological polar surface area (TPSA) is 105 Å². The maximum absolute atomic E-state index is 12.4. The zero-order valence-corrected chi connectivity index (χ0v) is 19.0. The molecule has 3 aromatic carbocycles. The van der Waals surface area contributed by atoms with Crippen LogP contribution >= 0.6 is 34.8 Å². The molecule has 0 bridgehead atoms. The molecule has 0 aliphatic carbocycles. The minimum Gasteiger partial charge on any atom is -0.487 e. The van der Waals surface area contributed by atoms with E-state index in [1.165, 1.54) is 30.3 Å². The summed E-state index contributed by atoms with van der Waals surface area (Å²) in [6, 6.07) is 17.0. The fraction of sp³-hybridized carbons (Fsp3) is 0.0435. The van der Waals surface area contributed by atoms with Gasteiger partial charge in [-0.25, -0.2) is 0 Å². The van der Waals surface area contributed by atoms with Crippen molar-refractivity contribution >= 4 is 58.2 Å². The van der Waals surface area contributed by atoms with Crippen molar-refractivity contribution in [3.05, 3.63) is 103 Å². The molecular formula is C23H14Cl3N3O4. The van der Waals surface area contributed by atoms with Crippen LogP contribution in [0.25, 0.3) is 6.08 Å². The number of carbonyl (C=O) groups excluding carboxylic acids is 1. The molecule has 3 aromatic rings. The first kappa shape index (κ1) is 24.1. The summed E-state index contributed by atoms with van der Waals surface area (Å²) in [6.07, 6.45) is 1.35. The number of hydrogen-bond acceptors (Lipinski definition) is 5. The standard InChI is InChI=1S/C23H14Cl3N3O4/c24-17-6-5-15(20(25)10-17)13-33-22-7-4-14(9-21(22)26)8-16(12-27)23(30)28-18-2-1-3-19(11-18)29(31)32/h1-11H,13H2,(H,28,30)/b16-8+. The lowest BCUT2D eigenvalue weighted by Crippen LogP contribution is -2.13. The molecule has 0 saturated heterocycles. The smallest absolute Gasteiger partial charge is 0.271 e. The van der Waals surface area contributed by atoms with Gasteiger partial charge in [0.1, 0.15) is 24.0 Å². The van der Waals surface area contributed by atoms with E-state index >= 15 is 0 Å². The molecule has 0 aliphatic heterocycles. The van der Waals surface area contributed by atoms with Crippen molar-refractivity contribution in [2.75, 3.05) is 5.32 Å². The van der Waals surface area contributed by atoms with Crippen LogP contribution in [0.2, 0.25) is 15.1 Å². The van der Waals surface area contributed by atoms with Gasteiger partial charge in [0, 0.05) is 33.4 Å². The van der Waals surface area contributed by atoms with Crippen molar-refractivity contribution < 1.29 is 14.5 Å². The SMILES string of the molecule is N#C/C(=C\c1ccc(OCc2ccc(Cl)cc2Cl)c(Cl)c1)C(=O)Nc1cccc([N+](=O)[O-])c1. The second-order valence-corrected chi connectivity index (χ2v) is 7.90. The Bertz CT molecular complexity index is 1300. The Morgan fingerprint density at radius 3 is 2.55 bits per heavy atom. The third-order valence-electron chi connectivity index (χ3n) is 4.35. The van der Waals surface area contributed by atoms with E-state index in [9.17, 15) is 20.2 Å². The summed E-state index contributed by atoms with van der Waals surface area (Å²) >= 11 is 18.3. The van der Waals surface area contributed by atoms with Gasteiger partial charge in [-0.2, -0.15) is 5.26 Å². The van der Waals surface area contributed by atoms with Gasteiger partial charge in [0.05, 0.1) is 9.95 Å². The molecule has 0 aromatic heterocycles. The first-order valence-electron chi connectivity index (χ1n) is 9.30. The van der Waals surface area contributed by atoms with Crippen LogP contribution in [0.3, 0.4) is 0 Å². The van der Waals surface area contributed by atoms with Crippen LogP contribution in [0.4, 0.5) is 11.4 Å². The van der Waals surface area contributed by atoms with Crippen molar-refractivity contribution in [2.24, 2.45) is 0 Å². The molecule has 0 aliphatic rings. The van der Waals surface area contributed by atoms with Gasteiger partial charge in [0.25, 0.3) is 11.6 Å². The van der Waals surface area contributed by atoms with Crippen molar-refractivity contribution in [1.82, 2.24) is 0 Å². The fourth-order valence-electron chi connectivity index (χ4n) is 2.73. The zero-order valence-electron chi connectivity index (χ0n) is 16.7. The summed E-state index contributed by atoms with van der Waals surface area (Å²) < 4.78 is 5.71. The van der Waals surface area contributed by atoms with Gasteiger partial charge in [0.2, 0.25) is 0 Å². The van der Waals surface area contributed by atoms with E-state index in [4.69, 9.17) is 39.5 Å². The first-order valence-corrected chi connectivity index (χ1v) is 10.4. The van der Waals surface area contributed by atoms with Gasteiger partial charge >= 0.3 is 0 Å². The number of nitro benzene ring substituents is 1. The number of ether oxygens (including phenoxy) is 1. The van der Waals surface area contributed by atoms with Gasteiger partial charge in [-0.15, -0.1) is 0 Å². The fourth-order valence-corrected chi connectivity index (χ4v) is 3.44. The van der Waals surface area contributed by atoms with Crippen molar-refractivity contribution in [3.8, 4) is 11.8 Å². The molecule has 1 amide bonds. The number of carbonyl (C=O) groups is 1. The number of hydrogen-bond donors (Lipinski definition) is 1. The number of halogens is 3. The van der Waals surface area contributed by atoms with Crippen molar-refractivity contribution in [2.45, 2.75) is 6.61 Å². The maximum Gasteiger partial charge on any atom is 0.271 e. The number of nitriles is 1. The van der Waals surface area contributed by atoms with Crippen molar-refractivity contribution in [3.63, 3.8) is 0 Å². The molecule has 0 fully saturated rings. The van der Waals surface area contributed by atoms with Gasteiger partial charge < -0.3 is 10.1 Å². The number of nitro groups is 1. The molecule has 7 nitrogen and oxygen atoms in total.